The lowest BCUT2D eigenvalue weighted by molar-refractivity contribution is -0.155. The van der Waals surface area contributed by atoms with Crippen LogP contribution in [-0.2, 0) is 14.3 Å². The van der Waals surface area contributed by atoms with Crippen molar-refractivity contribution in [2.24, 2.45) is 0 Å². The van der Waals surface area contributed by atoms with Crippen molar-refractivity contribution in [1.29, 1.82) is 5.26 Å². The number of hydrogen-bond donors (Lipinski definition) is 1. The molecule has 1 aliphatic rings. The van der Waals surface area contributed by atoms with Gasteiger partial charge in [-0.3, -0.25) is 9.59 Å². The quantitative estimate of drug-likeness (QED) is 0.762. The Kier molecular flexibility index (Phi) is 7.03. The van der Waals surface area contributed by atoms with Crippen molar-refractivity contribution in [3.8, 4) is 6.07 Å². The number of ether oxygens (including phenoxy) is 1. The van der Waals surface area contributed by atoms with E-state index in [0.717, 1.165) is 19.3 Å². The highest BCUT2D eigenvalue weighted by atomic mass is 32.2. The third-order valence-corrected chi connectivity index (χ3v) is 4.79. The van der Waals surface area contributed by atoms with Crippen LogP contribution in [-0.4, -0.2) is 35.0 Å². The normalized spacial score (nSPS) is 19.9. The molecule has 1 saturated carbocycles. The Labute approximate surface area is 130 Å². The van der Waals surface area contributed by atoms with E-state index < -0.39 is 11.6 Å². The van der Waals surface area contributed by atoms with Gasteiger partial charge in [0.25, 0.3) is 5.91 Å². The van der Waals surface area contributed by atoms with E-state index in [4.69, 9.17) is 4.74 Å². The molecule has 21 heavy (non-hydrogen) atoms. The Morgan fingerprint density at radius 1 is 1.33 bits per heavy atom. The molecular formula is C15H24N2O3S. The fourth-order valence-corrected chi connectivity index (χ4v) is 2.68. The standard InChI is InChI=1S/C15H24N2O3S/c1-11(21-3)9-13(18)20-12(2)14(19)17-15(10-16)7-5-4-6-8-15/h11-12H,4-9H2,1-3H3,(H,17,19)/t11-,12+/m0/s1. The largest absolute Gasteiger partial charge is 0.453 e. The number of nitrogens with one attached hydrogen (secondary N) is 1. The van der Waals surface area contributed by atoms with Crippen molar-refractivity contribution in [3.63, 3.8) is 0 Å². The van der Waals surface area contributed by atoms with E-state index in [0.29, 0.717) is 12.8 Å². The summed E-state index contributed by atoms with van der Waals surface area (Å²) in [7, 11) is 0. The summed E-state index contributed by atoms with van der Waals surface area (Å²) in [5, 5.41) is 12.3. The van der Waals surface area contributed by atoms with Crippen LogP contribution in [0.25, 0.3) is 0 Å². The van der Waals surface area contributed by atoms with Crippen LogP contribution in [0.1, 0.15) is 52.4 Å². The fraction of sp³-hybridized carbons (Fsp3) is 0.800. The third kappa shape index (κ3) is 5.58. The molecule has 0 spiro atoms. The number of thioether (sulfide) groups is 1. The molecule has 0 aliphatic heterocycles. The smallest absolute Gasteiger partial charge is 0.307 e. The first-order chi connectivity index (χ1) is 9.92. The van der Waals surface area contributed by atoms with Gasteiger partial charge in [0, 0.05) is 5.25 Å². The molecule has 1 amide bonds. The summed E-state index contributed by atoms with van der Waals surface area (Å²) in [4.78, 5) is 23.8. The summed E-state index contributed by atoms with van der Waals surface area (Å²) in [6.07, 6.45) is 5.64. The molecule has 1 rings (SSSR count). The molecule has 2 atom stereocenters. The zero-order valence-electron chi connectivity index (χ0n) is 13.0. The van der Waals surface area contributed by atoms with Gasteiger partial charge in [0.05, 0.1) is 12.5 Å². The minimum absolute atomic E-state index is 0.163. The van der Waals surface area contributed by atoms with E-state index in [1.165, 1.54) is 0 Å². The number of rotatable bonds is 6. The van der Waals surface area contributed by atoms with Crippen LogP contribution in [0.15, 0.2) is 0 Å². The van der Waals surface area contributed by atoms with Gasteiger partial charge in [0.2, 0.25) is 0 Å². The van der Waals surface area contributed by atoms with E-state index in [2.05, 4.69) is 11.4 Å². The number of hydrogen-bond acceptors (Lipinski definition) is 5. The van der Waals surface area contributed by atoms with Gasteiger partial charge >= 0.3 is 5.97 Å². The van der Waals surface area contributed by atoms with Crippen LogP contribution in [0.3, 0.4) is 0 Å². The second-order valence-electron chi connectivity index (χ2n) is 5.63. The Bertz CT molecular complexity index is 414. The average Bonchev–Trinajstić information content (AvgIpc) is 2.47. The minimum Gasteiger partial charge on any atom is -0.453 e. The minimum atomic E-state index is -0.862. The summed E-state index contributed by atoms with van der Waals surface area (Å²) < 4.78 is 5.14. The van der Waals surface area contributed by atoms with Gasteiger partial charge in [-0.05, 0) is 26.0 Å². The first kappa shape index (κ1) is 17.8. The van der Waals surface area contributed by atoms with Crippen LogP contribution in [0.5, 0.6) is 0 Å². The lowest BCUT2D eigenvalue weighted by atomic mass is 9.83. The fourth-order valence-electron chi connectivity index (χ4n) is 2.37. The van der Waals surface area contributed by atoms with Gasteiger partial charge in [-0.15, -0.1) is 0 Å². The van der Waals surface area contributed by atoms with Crippen LogP contribution < -0.4 is 5.32 Å². The number of amides is 1. The SMILES string of the molecule is CS[C@@H](C)CC(=O)O[C@H](C)C(=O)NC1(C#N)CCCCC1. The number of carbonyl (C=O) groups is 2. The summed E-state index contributed by atoms with van der Waals surface area (Å²) in [6, 6.07) is 2.22. The van der Waals surface area contributed by atoms with Crippen molar-refractivity contribution in [3.05, 3.63) is 0 Å². The van der Waals surface area contributed by atoms with Gasteiger partial charge in [-0.1, -0.05) is 26.2 Å². The van der Waals surface area contributed by atoms with Crippen molar-refractivity contribution >= 4 is 23.6 Å². The van der Waals surface area contributed by atoms with Gasteiger partial charge in [0.15, 0.2) is 6.10 Å². The number of nitriles is 1. The first-order valence-electron chi connectivity index (χ1n) is 7.38. The monoisotopic (exact) mass is 312 g/mol. The molecule has 0 unspecified atom stereocenters. The van der Waals surface area contributed by atoms with E-state index in [-0.39, 0.29) is 23.5 Å². The first-order valence-corrected chi connectivity index (χ1v) is 8.67. The molecule has 0 aromatic carbocycles. The highest BCUT2D eigenvalue weighted by Gasteiger charge is 2.35. The number of nitrogens with zero attached hydrogens (tertiary/aromatic N) is 1. The topological polar surface area (TPSA) is 79.2 Å². The van der Waals surface area contributed by atoms with E-state index in [1.54, 1.807) is 18.7 Å². The predicted octanol–water partition coefficient (Wildman–Crippen LogP) is 2.40. The summed E-state index contributed by atoms with van der Waals surface area (Å²) >= 11 is 1.58. The molecule has 1 fully saturated rings. The van der Waals surface area contributed by atoms with Crippen molar-refractivity contribution < 1.29 is 14.3 Å². The molecular weight excluding hydrogens is 288 g/mol. The molecule has 0 bridgehead atoms. The molecule has 1 aliphatic carbocycles. The molecule has 0 radical (unpaired) electrons. The second kappa shape index (κ2) is 8.28. The van der Waals surface area contributed by atoms with E-state index in [9.17, 15) is 14.9 Å². The third-order valence-electron chi connectivity index (χ3n) is 3.82. The number of carbonyl (C=O) groups excluding carboxylic acids is 2. The van der Waals surface area contributed by atoms with Gasteiger partial charge in [-0.2, -0.15) is 17.0 Å². The van der Waals surface area contributed by atoms with E-state index >= 15 is 0 Å². The highest BCUT2D eigenvalue weighted by molar-refractivity contribution is 7.99. The van der Waals surface area contributed by atoms with Gasteiger partial charge in [-0.25, -0.2) is 0 Å². The van der Waals surface area contributed by atoms with Gasteiger partial charge in [0.1, 0.15) is 5.54 Å². The highest BCUT2D eigenvalue weighted by Crippen LogP contribution is 2.27. The Morgan fingerprint density at radius 3 is 2.48 bits per heavy atom. The zero-order chi connectivity index (χ0) is 15.9. The average molecular weight is 312 g/mol. The Hall–Kier alpha value is -1.22. The molecule has 0 saturated heterocycles. The Balaban J connectivity index is 2.50. The zero-order valence-corrected chi connectivity index (χ0v) is 13.8. The maximum absolute atomic E-state index is 12.1. The molecule has 6 heteroatoms. The molecule has 0 aromatic heterocycles. The van der Waals surface area contributed by atoms with Crippen LogP contribution in [0, 0.1) is 11.3 Å². The van der Waals surface area contributed by atoms with Crippen LogP contribution in [0.4, 0.5) is 0 Å². The van der Waals surface area contributed by atoms with Crippen molar-refractivity contribution in [1.82, 2.24) is 5.32 Å². The maximum atomic E-state index is 12.1. The lowest BCUT2D eigenvalue weighted by Gasteiger charge is -2.32. The molecule has 1 N–H and O–H groups in total. The predicted molar refractivity (Wildman–Crippen MR) is 82.7 cm³/mol. The lowest BCUT2D eigenvalue weighted by Crippen LogP contribution is -2.52. The summed E-state index contributed by atoms with van der Waals surface area (Å²) in [6.45, 7) is 3.48. The van der Waals surface area contributed by atoms with Gasteiger partial charge < -0.3 is 10.1 Å². The maximum Gasteiger partial charge on any atom is 0.307 e. The van der Waals surface area contributed by atoms with Crippen LogP contribution >= 0.6 is 11.8 Å². The molecule has 118 valence electrons. The van der Waals surface area contributed by atoms with Crippen molar-refractivity contribution in [2.45, 2.75) is 69.3 Å². The summed E-state index contributed by atoms with van der Waals surface area (Å²) in [5.74, 6) is -0.766. The van der Waals surface area contributed by atoms with Crippen LogP contribution in [0.2, 0.25) is 0 Å². The van der Waals surface area contributed by atoms with E-state index in [1.807, 2.05) is 13.2 Å². The molecule has 0 aromatic rings. The Morgan fingerprint density at radius 2 is 1.95 bits per heavy atom. The number of esters is 1. The summed E-state index contributed by atoms with van der Waals surface area (Å²) in [5.41, 5.74) is -0.789. The molecule has 5 nitrogen and oxygen atoms in total. The molecule has 0 heterocycles. The van der Waals surface area contributed by atoms with Crippen molar-refractivity contribution in [2.75, 3.05) is 6.26 Å². The second-order valence-corrected chi connectivity index (χ2v) is 6.90.